The third-order valence-electron chi connectivity index (χ3n) is 11.2. The number of ether oxygens (including phenoxy) is 2. The number of nitriles is 1. The van der Waals surface area contributed by atoms with Gasteiger partial charge in [-0.1, -0.05) is 5.16 Å². The predicted molar refractivity (Wildman–Crippen MR) is 173 cm³/mol. The average Bonchev–Trinajstić information content (AvgIpc) is 3.79. The van der Waals surface area contributed by atoms with Crippen LogP contribution in [0.5, 0.6) is 5.88 Å². The van der Waals surface area contributed by atoms with Crippen molar-refractivity contribution in [3.63, 3.8) is 0 Å². The first-order valence-corrected chi connectivity index (χ1v) is 17.6. The van der Waals surface area contributed by atoms with Crippen molar-refractivity contribution in [3.8, 4) is 23.5 Å². The second-order valence-electron chi connectivity index (χ2n) is 13.7. The van der Waals surface area contributed by atoms with Crippen molar-refractivity contribution in [3.05, 3.63) is 27.3 Å². The molecule has 4 aromatic rings. The number of fused-ring (bicyclic) bond motifs is 6. The third-order valence-corrected chi connectivity index (χ3v) is 12.3. The molecule has 0 unspecified atom stereocenters. The largest absolute Gasteiger partial charge is 0.474 e. The zero-order valence-electron chi connectivity index (χ0n) is 26.4. The van der Waals surface area contributed by atoms with Gasteiger partial charge in [0, 0.05) is 29.6 Å². The molecular weight excluding hydrogens is 602 g/mol. The number of thiophene rings is 1. The fraction of sp³-hybridized carbons (Fsp3) is 0.606. The minimum absolute atomic E-state index is 0.0260. The van der Waals surface area contributed by atoms with Gasteiger partial charge in [0.15, 0.2) is 22.9 Å². The van der Waals surface area contributed by atoms with Gasteiger partial charge in [-0.05, 0) is 83.9 Å². The van der Waals surface area contributed by atoms with E-state index in [1.165, 1.54) is 11.3 Å². The number of nitrogens with zero attached hydrogens (tertiary/aromatic N) is 8. The SMILES string of the molecule is C[C@@H]([C@@H]1CCCN1C)n1nc2c3c(nc(-c4noc5c4CCC[C@@]54CCCc5sc(N)c(C#N)c54)nc31)N1CCCOC[C@@H]1CO2. The highest BCUT2D eigenvalue weighted by Gasteiger charge is 2.49. The monoisotopic (exact) mass is 641 g/mol. The summed E-state index contributed by atoms with van der Waals surface area (Å²) in [6, 6.07) is 2.90. The standard InChI is InChI=1S/C33H39N9O3S/c1-18(22-8-5-12-40(22)2)42-31-24-30(41-13-6-14-43-16-19(41)17-44-32(24)38-42)36-29(37-31)26-20-7-3-10-33(27(20)45-39-26)11-4-9-23-25(33)21(15-34)28(35)46-23/h18-19,22H,3-14,16-17,35H2,1-2H3/t18-,19+,22-,33-/m0/s1. The van der Waals surface area contributed by atoms with E-state index >= 15 is 0 Å². The smallest absolute Gasteiger partial charge is 0.246 e. The Bertz CT molecular complexity index is 1890. The first kappa shape index (κ1) is 28.5. The van der Waals surface area contributed by atoms with Crippen molar-refractivity contribution in [2.24, 2.45) is 0 Å². The first-order valence-electron chi connectivity index (χ1n) is 16.8. The van der Waals surface area contributed by atoms with E-state index in [1.807, 2.05) is 0 Å². The molecule has 0 bridgehead atoms. The number of hydrogen-bond acceptors (Lipinski definition) is 12. The molecule has 2 aliphatic carbocycles. The molecule has 0 radical (unpaired) electrons. The summed E-state index contributed by atoms with van der Waals surface area (Å²) in [6.45, 7) is 5.89. The van der Waals surface area contributed by atoms with Gasteiger partial charge in [0.2, 0.25) is 5.88 Å². The highest BCUT2D eigenvalue weighted by molar-refractivity contribution is 7.16. The maximum absolute atomic E-state index is 10.2. The normalized spacial score (nSPS) is 26.6. The molecule has 4 aromatic heterocycles. The Hall–Kier alpha value is -3.73. The van der Waals surface area contributed by atoms with Crippen molar-refractivity contribution in [2.45, 2.75) is 88.3 Å². The van der Waals surface area contributed by atoms with Crippen LogP contribution in [0.1, 0.15) is 85.2 Å². The van der Waals surface area contributed by atoms with Crippen LogP contribution in [-0.2, 0) is 23.0 Å². The summed E-state index contributed by atoms with van der Waals surface area (Å²) in [5.41, 5.74) is 10.2. The minimum Gasteiger partial charge on any atom is -0.474 e. The van der Waals surface area contributed by atoms with Crippen molar-refractivity contribution < 1.29 is 14.0 Å². The quantitative estimate of drug-likeness (QED) is 0.335. The molecule has 46 heavy (non-hydrogen) atoms. The summed E-state index contributed by atoms with van der Waals surface area (Å²) in [5, 5.41) is 21.4. The number of anilines is 2. The van der Waals surface area contributed by atoms with Crippen LogP contribution >= 0.6 is 11.3 Å². The molecule has 240 valence electrons. The molecular formula is C33H39N9O3S. The van der Waals surface area contributed by atoms with Crippen LogP contribution in [0.25, 0.3) is 22.6 Å². The summed E-state index contributed by atoms with van der Waals surface area (Å²) in [7, 11) is 2.20. The lowest BCUT2D eigenvalue weighted by atomic mass is 9.63. The number of hydrogen-bond donors (Lipinski definition) is 1. The molecule has 1 spiro atoms. The number of nitrogens with two attached hydrogens (primary N) is 1. The summed E-state index contributed by atoms with van der Waals surface area (Å²) in [4.78, 5) is 16.5. The third kappa shape index (κ3) is 4.02. The van der Waals surface area contributed by atoms with Crippen LogP contribution in [0.4, 0.5) is 10.8 Å². The summed E-state index contributed by atoms with van der Waals surface area (Å²) >= 11 is 1.56. The van der Waals surface area contributed by atoms with Gasteiger partial charge in [-0.2, -0.15) is 5.26 Å². The Morgan fingerprint density at radius 2 is 1.98 bits per heavy atom. The van der Waals surface area contributed by atoms with Gasteiger partial charge in [-0.25, -0.2) is 14.6 Å². The topological polar surface area (TPSA) is 144 Å². The van der Waals surface area contributed by atoms with E-state index in [1.54, 1.807) is 11.3 Å². The van der Waals surface area contributed by atoms with Crippen molar-refractivity contribution >= 4 is 33.2 Å². The second-order valence-corrected chi connectivity index (χ2v) is 14.9. The van der Waals surface area contributed by atoms with Crippen LogP contribution in [-0.4, -0.2) is 81.8 Å². The fourth-order valence-corrected chi connectivity index (χ4v) is 10.2. The number of nitrogen functional groups attached to an aromatic ring is 1. The lowest BCUT2D eigenvalue weighted by Crippen LogP contribution is -2.41. The maximum atomic E-state index is 10.2. The molecule has 7 heterocycles. The zero-order chi connectivity index (χ0) is 31.2. The summed E-state index contributed by atoms with van der Waals surface area (Å²) in [5.74, 6) is 2.84. The van der Waals surface area contributed by atoms with Gasteiger partial charge in [-0.15, -0.1) is 16.4 Å². The highest BCUT2D eigenvalue weighted by Crippen LogP contribution is 2.55. The van der Waals surface area contributed by atoms with Crippen molar-refractivity contribution in [1.82, 2.24) is 29.8 Å². The molecule has 4 atom stereocenters. The zero-order valence-corrected chi connectivity index (χ0v) is 27.2. The first-order chi connectivity index (χ1) is 22.5. The maximum Gasteiger partial charge on any atom is 0.246 e. The van der Waals surface area contributed by atoms with Gasteiger partial charge in [0.25, 0.3) is 0 Å². The van der Waals surface area contributed by atoms with E-state index in [0.717, 1.165) is 98.2 Å². The summed E-state index contributed by atoms with van der Waals surface area (Å²) < 4.78 is 20.8. The lowest BCUT2D eigenvalue weighted by Gasteiger charge is -2.39. The van der Waals surface area contributed by atoms with Gasteiger partial charge in [0.1, 0.15) is 28.9 Å². The molecule has 2 fully saturated rings. The van der Waals surface area contributed by atoms with Gasteiger partial charge in [-0.3, -0.25) is 0 Å². The van der Waals surface area contributed by atoms with E-state index < -0.39 is 5.41 Å². The fourth-order valence-electron chi connectivity index (χ4n) is 9.03. The van der Waals surface area contributed by atoms with Crippen LogP contribution in [0, 0.1) is 11.3 Å². The van der Waals surface area contributed by atoms with Gasteiger partial charge >= 0.3 is 0 Å². The Kier molecular flexibility index (Phi) is 6.60. The molecule has 2 saturated heterocycles. The second kappa shape index (κ2) is 10.7. The van der Waals surface area contributed by atoms with E-state index in [-0.39, 0.29) is 12.1 Å². The molecule has 13 heteroatoms. The molecule has 0 amide bonds. The van der Waals surface area contributed by atoms with Crippen molar-refractivity contribution in [1.29, 1.82) is 5.26 Å². The number of aromatic nitrogens is 5. The minimum atomic E-state index is -0.404. The number of likely N-dealkylation sites (tertiary alicyclic amines) is 1. The lowest BCUT2D eigenvalue weighted by molar-refractivity contribution is 0.118. The molecule has 3 aliphatic heterocycles. The number of likely N-dealkylation sites (N-methyl/N-ethyl adjacent to an activating group) is 1. The molecule has 5 aliphatic rings. The van der Waals surface area contributed by atoms with Crippen LogP contribution in [0.3, 0.4) is 0 Å². The van der Waals surface area contributed by atoms with Crippen LogP contribution in [0.15, 0.2) is 4.52 Å². The van der Waals surface area contributed by atoms with E-state index in [0.29, 0.717) is 53.8 Å². The molecule has 2 N–H and O–H groups in total. The Balaban J connectivity index is 1.24. The predicted octanol–water partition coefficient (Wildman–Crippen LogP) is 4.60. The summed E-state index contributed by atoms with van der Waals surface area (Å²) in [6.07, 6.45) is 8.75. The van der Waals surface area contributed by atoms with Gasteiger partial charge < -0.3 is 29.5 Å². The average molecular weight is 642 g/mol. The van der Waals surface area contributed by atoms with Crippen LogP contribution < -0.4 is 15.4 Å². The highest BCUT2D eigenvalue weighted by atomic mass is 32.1. The van der Waals surface area contributed by atoms with Crippen molar-refractivity contribution in [2.75, 3.05) is 50.6 Å². The Labute approximate surface area is 271 Å². The number of rotatable bonds is 3. The van der Waals surface area contributed by atoms with E-state index in [2.05, 4.69) is 34.5 Å². The van der Waals surface area contributed by atoms with E-state index in [9.17, 15) is 5.26 Å². The molecule has 0 saturated carbocycles. The molecule has 0 aromatic carbocycles. The number of aryl methyl sites for hydroxylation is 1. The van der Waals surface area contributed by atoms with E-state index in [4.69, 9.17) is 40.0 Å². The van der Waals surface area contributed by atoms with Crippen LogP contribution in [0.2, 0.25) is 0 Å². The molecule has 12 nitrogen and oxygen atoms in total. The Morgan fingerprint density at radius 1 is 1.11 bits per heavy atom. The van der Waals surface area contributed by atoms with Gasteiger partial charge in [0.05, 0.1) is 29.7 Å². The molecule has 9 rings (SSSR count). The Morgan fingerprint density at radius 3 is 2.80 bits per heavy atom.